The number of hydrogen-bond acceptors (Lipinski definition) is 3. The van der Waals surface area contributed by atoms with Gasteiger partial charge in [0.25, 0.3) is 0 Å². The van der Waals surface area contributed by atoms with Crippen LogP contribution in [0.4, 0.5) is 5.69 Å². The smallest absolute Gasteiger partial charge is 0.237 e. The van der Waals surface area contributed by atoms with Gasteiger partial charge in [0, 0.05) is 6.20 Å². The average molecular weight is 265 g/mol. The fourth-order valence-electron chi connectivity index (χ4n) is 2.94. The van der Waals surface area contributed by atoms with E-state index in [0.29, 0.717) is 5.69 Å². The molecule has 0 aromatic carbocycles. The summed E-state index contributed by atoms with van der Waals surface area (Å²) in [6.07, 6.45) is 5.21. The van der Waals surface area contributed by atoms with Gasteiger partial charge in [-0.1, -0.05) is 24.4 Å². The predicted molar refractivity (Wildman–Crippen MR) is 67.2 cm³/mol. The molecule has 2 fully saturated rings. The molecule has 1 aromatic rings. The number of aromatic nitrogens is 1. The summed E-state index contributed by atoms with van der Waals surface area (Å²) in [6, 6.07) is 3.35. The summed E-state index contributed by atoms with van der Waals surface area (Å²) in [5, 5.41) is 0.206. The number of hydrogen-bond donors (Lipinski definition) is 0. The number of rotatable bonds is 1. The molecule has 2 unspecified atom stereocenters. The van der Waals surface area contributed by atoms with Crippen LogP contribution in [0.5, 0.6) is 0 Å². The molecule has 2 amide bonds. The van der Waals surface area contributed by atoms with Crippen molar-refractivity contribution in [1.29, 1.82) is 0 Å². The molecule has 2 heterocycles. The van der Waals surface area contributed by atoms with Crippen LogP contribution in [-0.2, 0) is 9.59 Å². The third-order valence-electron chi connectivity index (χ3n) is 3.82. The van der Waals surface area contributed by atoms with Gasteiger partial charge in [0.05, 0.1) is 17.5 Å². The van der Waals surface area contributed by atoms with Crippen molar-refractivity contribution in [3.8, 4) is 0 Å². The molecule has 0 N–H and O–H groups in total. The third-order valence-corrected chi connectivity index (χ3v) is 4.11. The topological polar surface area (TPSA) is 50.3 Å². The van der Waals surface area contributed by atoms with Crippen molar-refractivity contribution >= 4 is 29.1 Å². The van der Waals surface area contributed by atoms with E-state index < -0.39 is 0 Å². The van der Waals surface area contributed by atoms with E-state index in [1.807, 2.05) is 0 Å². The molecule has 1 aliphatic carbocycles. The van der Waals surface area contributed by atoms with Gasteiger partial charge >= 0.3 is 0 Å². The summed E-state index contributed by atoms with van der Waals surface area (Å²) in [6.45, 7) is 0. The molecule has 1 aromatic heterocycles. The van der Waals surface area contributed by atoms with E-state index in [1.165, 1.54) is 4.90 Å². The standard InChI is InChI=1S/C13H13ClN2O2/c14-11-10(6-3-7-15-11)16-12(17)8-4-1-2-5-9(8)13(16)18/h3,6-9H,1-2,4-5H2. The highest BCUT2D eigenvalue weighted by molar-refractivity contribution is 6.34. The third kappa shape index (κ3) is 1.63. The van der Waals surface area contributed by atoms with Gasteiger partial charge in [-0.25, -0.2) is 9.88 Å². The van der Waals surface area contributed by atoms with Crippen LogP contribution in [0.25, 0.3) is 0 Å². The Labute approximate surface area is 110 Å². The molecule has 18 heavy (non-hydrogen) atoms. The Bertz CT molecular complexity index is 493. The second-order valence-corrected chi connectivity index (χ2v) is 5.18. The highest BCUT2D eigenvalue weighted by Gasteiger charge is 2.49. The molecule has 0 spiro atoms. The Hall–Kier alpha value is -1.42. The molecule has 2 aliphatic rings. The average Bonchev–Trinajstić information content (AvgIpc) is 2.64. The quantitative estimate of drug-likeness (QED) is 0.578. The van der Waals surface area contributed by atoms with E-state index in [1.54, 1.807) is 18.3 Å². The second-order valence-electron chi connectivity index (χ2n) is 4.82. The lowest BCUT2D eigenvalue weighted by Gasteiger charge is -2.19. The van der Waals surface area contributed by atoms with Crippen LogP contribution in [0.1, 0.15) is 25.7 Å². The van der Waals surface area contributed by atoms with Gasteiger partial charge in [-0.3, -0.25) is 9.59 Å². The molecule has 4 nitrogen and oxygen atoms in total. The Morgan fingerprint density at radius 1 is 1.17 bits per heavy atom. The molecule has 94 valence electrons. The minimum absolute atomic E-state index is 0.111. The van der Waals surface area contributed by atoms with Gasteiger partial charge in [-0.15, -0.1) is 0 Å². The maximum absolute atomic E-state index is 12.3. The number of imide groups is 1. The fraction of sp³-hybridized carbons (Fsp3) is 0.462. The van der Waals surface area contributed by atoms with Crippen LogP contribution in [0, 0.1) is 11.8 Å². The zero-order valence-corrected chi connectivity index (χ0v) is 10.6. The highest BCUT2D eigenvalue weighted by Crippen LogP contribution is 2.41. The number of amides is 2. The van der Waals surface area contributed by atoms with Gasteiger partial charge < -0.3 is 0 Å². The zero-order valence-electron chi connectivity index (χ0n) is 9.80. The lowest BCUT2D eigenvalue weighted by molar-refractivity contribution is -0.122. The molecular weight excluding hydrogens is 252 g/mol. The summed E-state index contributed by atoms with van der Waals surface area (Å²) >= 11 is 5.98. The number of pyridine rings is 1. The molecule has 0 bridgehead atoms. The minimum atomic E-state index is -0.150. The first-order valence-electron chi connectivity index (χ1n) is 6.18. The van der Waals surface area contributed by atoms with Crippen molar-refractivity contribution in [3.63, 3.8) is 0 Å². The van der Waals surface area contributed by atoms with Crippen molar-refractivity contribution in [2.24, 2.45) is 11.8 Å². The van der Waals surface area contributed by atoms with Crippen LogP contribution in [-0.4, -0.2) is 16.8 Å². The first-order chi connectivity index (χ1) is 8.70. The van der Waals surface area contributed by atoms with Crippen LogP contribution >= 0.6 is 11.6 Å². The van der Waals surface area contributed by atoms with Crippen molar-refractivity contribution in [2.75, 3.05) is 4.90 Å². The molecule has 3 rings (SSSR count). The van der Waals surface area contributed by atoms with E-state index in [4.69, 9.17) is 11.6 Å². The molecule has 1 saturated heterocycles. The summed E-state index contributed by atoms with van der Waals surface area (Å²) in [5.41, 5.74) is 0.420. The number of anilines is 1. The van der Waals surface area contributed by atoms with Crippen molar-refractivity contribution in [2.45, 2.75) is 25.7 Å². The molecule has 5 heteroatoms. The monoisotopic (exact) mass is 264 g/mol. The largest absolute Gasteiger partial charge is 0.274 e. The first-order valence-corrected chi connectivity index (χ1v) is 6.56. The number of fused-ring (bicyclic) bond motifs is 1. The van der Waals surface area contributed by atoms with E-state index in [9.17, 15) is 9.59 Å². The number of halogens is 1. The number of carbonyl (C=O) groups excluding carboxylic acids is 2. The van der Waals surface area contributed by atoms with Crippen LogP contribution in [0.15, 0.2) is 18.3 Å². The normalized spacial score (nSPS) is 27.5. The Morgan fingerprint density at radius 2 is 1.78 bits per heavy atom. The Kier molecular flexibility index (Phi) is 2.82. The lowest BCUT2D eigenvalue weighted by Crippen LogP contribution is -2.31. The van der Waals surface area contributed by atoms with E-state index in [-0.39, 0.29) is 28.8 Å². The number of nitrogens with zero attached hydrogens (tertiary/aromatic N) is 2. The summed E-state index contributed by atoms with van der Waals surface area (Å²) in [7, 11) is 0. The van der Waals surface area contributed by atoms with E-state index in [2.05, 4.69) is 4.98 Å². The highest BCUT2D eigenvalue weighted by atomic mass is 35.5. The maximum atomic E-state index is 12.3. The van der Waals surface area contributed by atoms with E-state index in [0.717, 1.165) is 25.7 Å². The molecule has 1 aliphatic heterocycles. The molecule has 1 saturated carbocycles. The van der Waals surface area contributed by atoms with Crippen molar-refractivity contribution in [1.82, 2.24) is 4.98 Å². The number of carbonyl (C=O) groups is 2. The summed E-state index contributed by atoms with van der Waals surface area (Å²) in [4.78, 5) is 29.8. The van der Waals surface area contributed by atoms with Crippen LogP contribution in [0.2, 0.25) is 5.15 Å². The van der Waals surface area contributed by atoms with Crippen LogP contribution < -0.4 is 4.90 Å². The first kappa shape index (κ1) is 11.7. The predicted octanol–water partition coefficient (Wildman–Crippen LogP) is 2.41. The van der Waals surface area contributed by atoms with Gasteiger partial charge in [-0.05, 0) is 25.0 Å². The van der Waals surface area contributed by atoms with Gasteiger partial charge in [-0.2, -0.15) is 0 Å². The lowest BCUT2D eigenvalue weighted by atomic mass is 9.81. The zero-order chi connectivity index (χ0) is 12.7. The van der Waals surface area contributed by atoms with Gasteiger partial charge in [0.15, 0.2) is 5.15 Å². The van der Waals surface area contributed by atoms with Gasteiger partial charge in [0.2, 0.25) is 11.8 Å². The Balaban J connectivity index is 2.00. The molecule has 2 atom stereocenters. The van der Waals surface area contributed by atoms with Gasteiger partial charge in [0.1, 0.15) is 0 Å². The molecule has 0 radical (unpaired) electrons. The van der Waals surface area contributed by atoms with Crippen LogP contribution in [0.3, 0.4) is 0 Å². The van der Waals surface area contributed by atoms with Crippen molar-refractivity contribution < 1.29 is 9.59 Å². The minimum Gasteiger partial charge on any atom is -0.274 e. The SMILES string of the molecule is O=C1C2CCCCC2C(=O)N1c1cccnc1Cl. The second kappa shape index (κ2) is 4.35. The maximum Gasteiger partial charge on any atom is 0.237 e. The van der Waals surface area contributed by atoms with Crippen molar-refractivity contribution in [3.05, 3.63) is 23.5 Å². The molecular formula is C13H13ClN2O2. The summed E-state index contributed by atoms with van der Waals surface area (Å²) in [5.74, 6) is -0.524. The Morgan fingerprint density at radius 3 is 2.33 bits per heavy atom. The van der Waals surface area contributed by atoms with E-state index >= 15 is 0 Å². The summed E-state index contributed by atoms with van der Waals surface area (Å²) < 4.78 is 0. The fourth-order valence-corrected chi connectivity index (χ4v) is 3.15.